The van der Waals surface area contributed by atoms with E-state index >= 15 is 0 Å². The van der Waals surface area contributed by atoms with Gasteiger partial charge in [0.15, 0.2) is 0 Å². The highest BCUT2D eigenvalue weighted by atomic mass is 79.9. The molecule has 72 valence electrons. The summed E-state index contributed by atoms with van der Waals surface area (Å²) >= 11 is 9.34. The van der Waals surface area contributed by atoms with E-state index in [0.717, 1.165) is 10.0 Å². The zero-order valence-corrected chi connectivity index (χ0v) is 9.35. The molecule has 0 aliphatic heterocycles. The van der Waals surface area contributed by atoms with E-state index in [-0.39, 0.29) is 12.6 Å². The van der Waals surface area contributed by atoms with Gasteiger partial charge in [0, 0.05) is 27.7 Å². The predicted octanol–water partition coefficient (Wildman–Crippen LogP) is 2.48. The second-order valence-electron chi connectivity index (χ2n) is 2.75. The zero-order chi connectivity index (χ0) is 9.84. The Labute approximate surface area is 90.8 Å². The highest BCUT2D eigenvalue weighted by molar-refractivity contribution is 9.10. The first-order chi connectivity index (χ1) is 6.16. The van der Waals surface area contributed by atoms with E-state index in [1.807, 2.05) is 12.1 Å². The molecule has 0 radical (unpaired) electrons. The summed E-state index contributed by atoms with van der Waals surface area (Å²) < 4.78 is 0.890. The van der Waals surface area contributed by atoms with Crippen molar-refractivity contribution in [3.05, 3.63) is 33.3 Å². The van der Waals surface area contributed by atoms with Gasteiger partial charge in [-0.1, -0.05) is 33.6 Å². The van der Waals surface area contributed by atoms with Gasteiger partial charge in [-0.2, -0.15) is 0 Å². The maximum Gasteiger partial charge on any atom is 0.0465 e. The Kier molecular flexibility index (Phi) is 4.19. The average Bonchev–Trinajstić information content (AvgIpc) is 2.04. The van der Waals surface area contributed by atoms with E-state index in [2.05, 4.69) is 15.9 Å². The standard InChI is InChI=1S/C9H11BrClNO/c10-6-2-1-3-7(11)9(6)8(12)4-5-13/h1-3,8,13H,4-5,12H2/t8-/m0/s1. The summed E-state index contributed by atoms with van der Waals surface area (Å²) in [6.45, 7) is 0.0683. The van der Waals surface area contributed by atoms with Crippen LogP contribution < -0.4 is 5.73 Å². The number of aliphatic hydroxyl groups is 1. The number of rotatable bonds is 3. The third kappa shape index (κ3) is 2.68. The summed E-state index contributed by atoms with van der Waals surface area (Å²) in [7, 11) is 0. The quantitative estimate of drug-likeness (QED) is 0.881. The van der Waals surface area contributed by atoms with Crippen LogP contribution in [0.5, 0.6) is 0 Å². The van der Waals surface area contributed by atoms with Crippen molar-refractivity contribution in [3.8, 4) is 0 Å². The van der Waals surface area contributed by atoms with Gasteiger partial charge in [0.25, 0.3) is 0 Å². The molecule has 1 rings (SSSR count). The van der Waals surface area contributed by atoms with Crippen LogP contribution >= 0.6 is 27.5 Å². The predicted molar refractivity (Wildman–Crippen MR) is 57.8 cm³/mol. The molecule has 1 atom stereocenters. The Morgan fingerprint density at radius 2 is 2.23 bits per heavy atom. The molecule has 2 nitrogen and oxygen atoms in total. The molecule has 0 bridgehead atoms. The number of hydrogen-bond acceptors (Lipinski definition) is 2. The van der Waals surface area contributed by atoms with Crippen molar-refractivity contribution in [1.82, 2.24) is 0 Å². The van der Waals surface area contributed by atoms with Gasteiger partial charge >= 0.3 is 0 Å². The Morgan fingerprint density at radius 1 is 1.54 bits per heavy atom. The molecular weight excluding hydrogens is 253 g/mol. The third-order valence-electron chi connectivity index (χ3n) is 1.81. The van der Waals surface area contributed by atoms with Gasteiger partial charge in [-0.25, -0.2) is 0 Å². The lowest BCUT2D eigenvalue weighted by molar-refractivity contribution is 0.276. The monoisotopic (exact) mass is 263 g/mol. The molecule has 0 saturated carbocycles. The number of benzene rings is 1. The van der Waals surface area contributed by atoms with Crippen LogP contribution in [0.2, 0.25) is 5.02 Å². The van der Waals surface area contributed by atoms with Gasteiger partial charge in [-0.15, -0.1) is 0 Å². The molecule has 3 N–H and O–H groups in total. The molecule has 0 aliphatic rings. The van der Waals surface area contributed by atoms with Crippen LogP contribution in [0.4, 0.5) is 0 Å². The fourth-order valence-electron chi connectivity index (χ4n) is 1.15. The van der Waals surface area contributed by atoms with E-state index in [9.17, 15) is 0 Å². The molecule has 1 aromatic rings. The van der Waals surface area contributed by atoms with Crippen LogP contribution in [0.15, 0.2) is 22.7 Å². The van der Waals surface area contributed by atoms with Crippen molar-refractivity contribution in [1.29, 1.82) is 0 Å². The van der Waals surface area contributed by atoms with Crippen molar-refractivity contribution < 1.29 is 5.11 Å². The fourth-order valence-corrected chi connectivity index (χ4v) is 2.24. The second-order valence-corrected chi connectivity index (χ2v) is 4.02. The molecular formula is C9H11BrClNO. The van der Waals surface area contributed by atoms with Crippen molar-refractivity contribution >= 4 is 27.5 Å². The van der Waals surface area contributed by atoms with Crippen molar-refractivity contribution in [2.24, 2.45) is 5.73 Å². The van der Waals surface area contributed by atoms with Crippen LogP contribution in [0.3, 0.4) is 0 Å². The molecule has 0 heterocycles. The lowest BCUT2D eigenvalue weighted by Gasteiger charge is -2.13. The summed E-state index contributed by atoms with van der Waals surface area (Å²) in [5.74, 6) is 0. The van der Waals surface area contributed by atoms with Crippen molar-refractivity contribution in [2.45, 2.75) is 12.5 Å². The van der Waals surface area contributed by atoms with E-state index in [1.54, 1.807) is 6.07 Å². The lowest BCUT2D eigenvalue weighted by Crippen LogP contribution is -2.13. The van der Waals surface area contributed by atoms with Crippen LogP contribution in [-0.2, 0) is 0 Å². The van der Waals surface area contributed by atoms with Crippen LogP contribution in [0.1, 0.15) is 18.0 Å². The maximum atomic E-state index is 8.74. The Morgan fingerprint density at radius 3 is 2.77 bits per heavy atom. The van der Waals surface area contributed by atoms with Gasteiger partial charge in [0.1, 0.15) is 0 Å². The van der Waals surface area contributed by atoms with Crippen LogP contribution in [0.25, 0.3) is 0 Å². The molecule has 1 aromatic carbocycles. The lowest BCUT2D eigenvalue weighted by atomic mass is 10.1. The Balaban J connectivity index is 2.98. The molecule has 0 saturated heterocycles. The molecule has 4 heteroatoms. The summed E-state index contributed by atoms with van der Waals surface area (Å²) in [5, 5.41) is 9.38. The molecule has 0 amide bonds. The van der Waals surface area contributed by atoms with E-state index in [0.29, 0.717) is 11.4 Å². The molecule has 13 heavy (non-hydrogen) atoms. The van der Waals surface area contributed by atoms with Gasteiger partial charge in [-0.05, 0) is 18.6 Å². The average molecular weight is 265 g/mol. The second kappa shape index (κ2) is 4.96. The molecule has 0 spiro atoms. The van der Waals surface area contributed by atoms with Crippen molar-refractivity contribution in [3.63, 3.8) is 0 Å². The van der Waals surface area contributed by atoms with Crippen molar-refractivity contribution in [2.75, 3.05) is 6.61 Å². The summed E-state index contributed by atoms with van der Waals surface area (Å²) in [6.07, 6.45) is 0.516. The van der Waals surface area contributed by atoms with Crippen LogP contribution in [0, 0.1) is 0 Å². The maximum absolute atomic E-state index is 8.74. The highest BCUT2D eigenvalue weighted by Crippen LogP contribution is 2.30. The molecule has 0 unspecified atom stereocenters. The largest absolute Gasteiger partial charge is 0.396 e. The Hall–Kier alpha value is -0.0900. The van der Waals surface area contributed by atoms with Gasteiger partial charge in [0.2, 0.25) is 0 Å². The number of nitrogens with two attached hydrogens (primary N) is 1. The summed E-state index contributed by atoms with van der Waals surface area (Å²) in [5.41, 5.74) is 6.69. The molecule has 0 aromatic heterocycles. The zero-order valence-electron chi connectivity index (χ0n) is 7.00. The molecule has 0 aliphatic carbocycles. The van der Waals surface area contributed by atoms with E-state index in [4.69, 9.17) is 22.4 Å². The van der Waals surface area contributed by atoms with E-state index < -0.39 is 0 Å². The molecule has 0 fully saturated rings. The first kappa shape index (κ1) is 11.0. The number of halogens is 2. The highest BCUT2D eigenvalue weighted by Gasteiger charge is 2.12. The first-order valence-corrected chi connectivity index (χ1v) is 5.14. The number of aliphatic hydroxyl groups excluding tert-OH is 1. The first-order valence-electron chi connectivity index (χ1n) is 3.97. The summed E-state index contributed by atoms with van der Waals surface area (Å²) in [6, 6.07) is 5.31. The minimum absolute atomic E-state index is 0.0683. The van der Waals surface area contributed by atoms with Gasteiger partial charge in [0.05, 0.1) is 0 Å². The summed E-state index contributed by atoms with van der Waals surface area (Å²) in [4.78, 5) is 0. The van der Waals surface area contributed by atoms with Crippen LogP contribution in [-0.4, -0.2) is 11.7 Å². The minimum atomic E-state index is -0.215. The topological polar surface area (TPSA) is 46.2 Å². The Bertz CT molecular complexity index is 273. The third-order valence-corrected chi connectivity index (χ3v) is 2.83. The SMILES string of the molecule is N[C@@H](CCO)c1c(Cl)cccc1Br. The number of hydrogen-bond donors (Lipinski definition) is 2. The van der Waals surface area contributed by atoms with E-state index in [1.165, 1.54) is 0 Å². The van der Waals surface area contributed by atoms with Gasteiger partial charge in [-0.3, -0.25) is 0 Å². The van der Waals surface area contributed by atoms with Gasteiger partial charge < -0.3 is 10.8 Å². The minimum Gasteiger partial charge on any atom is -0.396 e. The smallest absolute Gasteiger partial charge is 0.0465 e. The normalized spacial score (nSPS) is 12.9. The fraction of sp³-hybridized carbons (Fsp3) is 0.333.